The van der Waals surface area contributed by atoms with Crippen molar-refractivity contribution in [1.82, 2.24) is 9.80 Å². The van der Waals surface area contributed by atoms with Gasteiger partial charge in [0.15, 0.2) is 0 Å². The number of benzene rings is 3. The highest BCUT2D eigenvalue weighted by atomic mass is 19.4. The first-order chi connectivity index (χ1) is 19.2. The van der Waals surface area contributed by atoms with Gasteiger partial charge in [-0.15, -0.1) is 0 Å². The number of anilines is 1. The third-order valence-corrected chi connectivity index (χ3v) is 7.98. The summed E-state index contributed by atoms with van der Waals surface area (Å²) >= 11 is 0. The van der Waals surface area contributed by atoms with Crippen LogP contribution in [0.5, 0.6) is 5.75 Å². The predicted molar refractivity (Wildman–Crippen MR) is 146 cm³/mol. The number of carbonyl (C=O) groups excluding carboxylic acids is 1. The Kier molecular flexibility index (Phi) is 8.30. The van der Waals surface area contributed by atoms with Crippen LogP contribution in [-0.4, -0.2) is 68.6 Å². The van der Waals surface area contributed by atoms with Gasteiger partial charge in [-0.2, -0.15) is 13.2 Å². The molecule has 2 aliphatic rings. The lowest BCUT2D eigenvalue weighted by molar-refractivity contribution is -0.137. The van der Waals surface area contributed by atoms with Gasteiger partial charge in [0.2, 0.25) is 5.91 Å². The van der Waals surface area contributed by atoms with Gasteiger partial charge in [0.05, 0.1) is 19.1 Å². The van der Waals surface area contributed by atoms with E-state index in [9.17, 15) is 22.4 Å². The summed E-state index contributed by atoms with van der Waals surface area (Å²) < 4.78 is 59.2. The number of rotatable bonds is 7. The van der Waals surface area contributed by atoms with Crippen LogP contribution in [-0.2, 0) is 17.4 Å². The quantitative estimate of drug-likeness (QED) is 0.363. The van der Waals surface area contributed by atoms with Gasteiger partial charge in [0.25, 0.3) is 0 Å². The van der Waals surface area contributed by atoms with E-state index in [4.69, 9.17) is 4.74 Å². The van der Waals surface area contributed by atoms with Crippen LogP contribution < -0.4 is 9.64 Å². The molecule has 0 radical (unpaired) electrons. The molecule has 9 heteroatoms. The Morgan fingerprint density at radius 3 is 2.35 bits per heavy atom. The molecule has 2 heterocycles. The van der Waals surface area contributed by atoms with Crippen molar-refractivity contribution in [2.24, 2.45) is 5.92 Å². The minimum atomic E-state index is -4.43. The second-order valence-electron chi connectivity index (χ2n) is 10.6. The van der Waals surface area contributed by atoms with Crippen molar-refractivity contribution in [3.8, 4) is 5.75 Å². The van der Waals surface area contributed by atoms with E-state index in [-0.39, 0.29) is 30.0 Å². The second kappa shape index (κ2) is 11.9. The molecular weight excluding hydrogens is 522 g/mol. The number of hydrogen-bond acceptors (Lipinski definition) is 4. The average Bonchev–Trinajstić information content (AvgIpc) is 3.37. The molecule has 0 N–H and O–H groups in total. The molecule has 2 atom stereocenters. The van der Waals surface area contributed by atoms with Crippen molar-refractivity contribution in [3.63, 3.8) is 0 Å². The van der Waals surface area contributed by atoms with E-state index >= 15 is 0 Å². The summed E-state index contributed by atoms with van der Waals surface area (Å²) in [4.78, 5) is 19.7. The zero-order valence-electron chi connectivity index (χ0n) is 22.4. The first-order valence-electron chi connectivity index (χ1n) is 13.5. The number of hydrogen-bond donors (Lipinski definition) is 0. The van der Waals surface area contributed by atoms with E-state index in [1.54, 1.807) is 30.2 Å². The third kappa shape index (κ3) is 6.58. The van der Waals surface area contributed by atoms with Gasteiger partial charge in [-0.05, 0) is 59.5 Å². The molecule has 2 saturated heterocycles. The lowest BCUT2D eigenvalue weighted by Gasteiger charge is -2.38. The molecular formula is C31H33F4N3O2. The molecule has 2 fully saturated rings. The Hall–Kier alpha value is -3.59. The summed E-state index contributed by atoms with van der Waals surface area (Å²) in [5, 5.41) is 0. The van der Waals surface area contributed by atoms with Crippen molar-refractivity contribution in [3.05, 3.63) is 95.3 Å². The Balaban J connectivity index is 1.30. The van der Waals surface area contributed by atoms with Crippen LogP contribution in [0.4, 0.5) is 23.2 Å². The number of ether oxygens (including phenoxy) is 1. The molecule has 3 aromatic carbocycles. The summed E-state index contributed by atoms with van der Waals surface area (Å²) in [5.41, 5.74) is 1.75. The van der Waals surface area contributed by atoms with Gasteiger partial charge in [-0.1, -0.05) is 30.3 Å². The van der Waals surface area contributed by atoms with Gasteiger partial charge < -0.3 is 14.5 Å². The number of alkyl halides is 3. The fourth-order valence-corrected chi connectivity index (χ4v) is 5.82. The molecule has 40 heavy (non-hydrogen) atoms. The normalized spacial score (nSPS) is 20.1. The minimum Gasteiger partial charge on any atom is -0.497 e. The number of nitrogens with zero attached hydrogens (tertiary/aromatic N) is 3. The lowest BCUT2D eigenvalue weighted by atomic mass is 9.87. The lowest BCUT2D eigenvalue weighted by Crippen LogP contribution is -2.48. The largest absolute Gasteiger partial charge is 0.497 e. The number of amides is 1. The molecule has 2 unspecified atom stereocenters. The van der Waals surface area contributed by atoms with Crippen LogP contribution in [0.25, 0.3) is 0 Å². The Morgan fingerprint density at radius 1 is 0.925 bits per heavy atom. The SMILES string of the molecule is COc1cccc(CC(=O)N2CC(CN3CCN(c4ccc(F)cc4)CC3)C(c3cccc(C(F)(F)F)c3)C2)c1. The molecule has 0 bridgehead atoms. The van der Waals surface area contributed by atoms with Crippen LogP contribution >= 0.6 is 0 Å². The summed E-state index contributed by atoms with van der Waals surface area (Å²) in [6.45, 7) is 4.64. The zero-order chi connectivity index (χ0) is 28.3. The van der Waals surface area contributed by atoms with Crippen LogP contribution in [0.2, 0.25) is 0 Å². The van der Waals surface area contributed by atoms with E-state index < -0.39 is 11.7 Å². The molecule has 0 saturated carbocycles. The Bertz CT molecular complexity index is 1310. The highest BCUT2D eigenvalue weighted by Gasteiger charge is 2.39. The second-order valence-corrected chi connectivity index (χ2v) is 10.6. The molecule has 212 valence electrons. The molecule has 0 spiro atoms. The Morgan fingerprint density at radius 2 is 1.65 bits per heavy atom. The topological polar surface area (TPSA) is 36.0 Å². The molecule has 3 aromatic rings. The Labute approximate surface area is 231 Å². The van der Waals surface area contributed by atoms with E-state index in [1.807, 2.05) is 24.3 Å². The molecule has 1 amide bonds. The molecule has 5 rings (SSSR count). The van der Waals surface area contributed by atoms with E-state index in [0.717, 1.165) is 43.5 Å². The van der Waals surface area contributed by atoms with Crippen LogP contribution in [0.15, 0.2) is 72.8 Å². The third-order valence-electron chi connectivity index (χ3n) is 7.98. The number of methoxy groups -OCH3 is 1. The van der Waals surface area contributed by atoms with Crippen molar-refractivity contribution in [1.29, 1.82) is 0 Å². The van der Waals surface area contributed by atoms with Crippen LogP contribution in [0, 0.1) is 11.7 Å². The van der Waals surface area contributed by atoms with Crippen LogP contribution in [0.3, 0.4) is 0 Å². The maximum absolute atomic E-state index is 13.5. The molecule has 5 nitrogen and oxygen atoms in total. The van der Waals surface area contributed by atoms with E-state index in [2.05, 4.69) is 9.80 Å². The van der Waals surface area contributed by atoms with Gasteiger partial charge in [0.1, 0.15) is 11.6 Å². The standard InChI is InChI=1S/C31H33F4N3O2/c1-40-28-7-2-4-22(16-28)17-30(39)38-20-24(29(21-38)23-5-3-6-25(18-23)31(33,34)35)19-36-12-14-37(15-13-36)27-10-8-26(32)9-11-27/h2-11,16,18,24,29H,12-15,17,19-21H2,1H3. The minimum absolute atomic E-state index is 0.00452. The maximum atomic E-state index is 13.5. The fourth-order valence-electron chi connectivity index (χ4n) is 5.82. The molecule has 0 aromatic heterocycles. The van der Waals surface area contributed by atoms with Crippen molar-refractivity contribution in [2.75, 3.05) is 57.8 Å². The highest BCUT2D eigenvalue weighted by Crippen LogP contribution is 2.37. The van der Waals surface area contributed by atoms with Gasteiger partial charge >= 0.3 is 6.18 Å². The van der Waals surface area contributed by atoms with Gasteiger partial charge in [-0.25, -0.2) is 4.39 Å². The predicted octanol–water partition coefficient (Wildman–Crippen LogP) is 5.46. The first-order valence-corrected chi connectivity index (χ1v) is 13.5. The van der Waals surface area contributed by atoms with Crippen molar-refractivity contribution in [2.45, 2.75) is 18.5 Å². The maximum Gasteiger partial charge on any atom is 0.416 e. The smallest absolute Gasteiger partial charge is 0.416 e. The molecule has 2 aliphatic heterocycles. The average molecular weight is 556 g/mol. The monoisotopic (exact) mass is 555 g/mol. The summed E-state index contributed by atoms with van der Waals surface area (Å²) in [7, 11) is 1.57. The number of likely N-dealkylation sites (tertiary alicyclic amines) is 1. The summed E-state index contributed by atoms with van der Waals surface area (Å²) in [5.74, 6) is 0.150. The summed E-state index contributed by atoms with van der Waals surface area (Å²) in [6.07, 6.45) is -4.22. The number of halogens is 4. The number of carbonyl (C=O) groups is 1. The van der Waals surface area contributed by atoms with Crippen molar-refractivity contribution >= 4 is 11.6 Å². The molecule has 0 aliphatic carbocycles. The van der Waals surface area contributed by atoms with Crippen molar-refractivity contribution < 1.29 is 27.1 Å². The highest BCUT2D eigenvalue weighted by molar-refractivity contribution is 5.79. The van der Waals surface area contributed by atoms with Gasteiger partial charge in [-0.3, -0.25) is 9.69 Å². The first kappa shape index (κ1) is 28.0. The van der Waals surface area contributed by atoms with Gasteiger partial charge in [0, 0.05) is 57.4 Å². The van der Waals surface area contributed by atoms with Crippen LogP contribution in [0.1, 0.15) is 22.6 Å². The fraction of sp³-hybridized carbons (Fsp3) is 0.387. The van der Waals surface area contributed by atoms with E-state index in [0.29, 0.717) is 30.9 Å². The van der Waals surface area contributed by atoms with E-state index in [1.165, 1.54) is 24.3 Å². The zero-order valence-corrected chi connectivity index (χ0v) is 22.4. The number of piperazine rings is 1. The summed E-state index contributed by atoms with van der Waals surface area (Å²) in [6, 6.07) is 19.4.